The van der Waals surface area contributed by atoms with Crippen LogP contribution >= 0.6 is 0 Å². The molecule has 0 bridgehead atoms. The van der Waals surface area contributed by atoms with Crippen LogP contribution in [0.5, 0.6) is 0 Å². The first-order chi connectivity index (χ1) is 35.6. The number of anilines is 8. The van der Waals surface area contributed by atoms with Crippen LogP contribution in [0.25, 0.3) is 33.3 Å². The second-order valence-corrected chi connectivity index (χ2v) is 26.9. The van der Waals surface area contributed by atoms with Gasteiger partial charge in [0.1, 0.15) is 16.9 Å². The van der Waals surface area contributed by atoms with Gasteiger partial charge in [0.2, 0.25) is 0 Å². The van der Waals surface area contributed by atoms with Crippen LogP contribution in [-0.4, -0.2) is 12.3 Å². The van der Waals surface area contributed by atoms with E-state index in [1.807, 2.05) is 0 Å². The van der Waals surface area contributed by atoms with E-state index < -0.39 is 0 Å². The number of benzene rings is 7. The minimum Gasteiger partial charge on any atom is -0.468 e. The summed E-state index contributed by atoms with van der Waals surface area (Å²) in [6.45, 7) is 30.4. The van der Waals surface area contributed by atoms with Gasteiger partial charge in [0, 0.05) is 78.0 Å². The van der Waals surface area contributed by atoms with E-state index in [0.717, 1.165) is 80.1 Å². The van der Waals surface area contributed by atoms with Gasteiger partial charge in [0.05, 0.1) is 16.9 Å². The quantitative estimate of drug-likeness (QED) is 0.165. The molecule has 0 spiro atoms. The summed E-state index contributed by atoms with van der Waals surface area (Å²) >= 11 is 0. The molecule has 3 aliphatic heterocycles. The molecule has 5 nitrogen and oxygen atoms in total. The molecule has 75 heavy (non-hydrogen) atoms. The first-order valence-corrected chi connectivity index (χ1v) is 27.8. The molecule has 5 aliphatic rings. The van der Waals surface area contributed by atoms with Crippen molar-refractivity contribution in [2.24, 2.45) is 0 Å². The molecule has 2 aliphatic carbocycles. The van der Waals surface area contributed by atoms with Crippen molar-refractivity contribution >= 4 is 90.7 Å². The molecule has 2 atom stereocenters. The Labute approximate surface area is 444 Å². The Kier molecular flexibility index (Phi) is 9.41. The van der Waals surface area contributed by atoms with Crippen LogP contribution < -0.4 is 31.3 Å². The summed E-state index contributed by atoms with van der Waals surface area (Å²) < 4.78 is 15.2. The van der Waals surface area contributed by atoms with Crippen LogP contribution in [0.2, 0.25) is 0 Å². The lowest BCUT2D eigenvalue weighted by atomic mass is 9.35. The standard InChI is InChI=1S/C69H70BN3O2/c1-64(2,3)41-24-29-44(30-25-41)71-53-34-33-47-49-38-43(66(7,8)9)28-35-56(49)74-62(47)59(53)70-58-54(71)39-46(73-52-23-17-16-22-51(52)68(12)36-18-19-37-69(68,73)13)40-55(58)72(45-31-26-42(27-32-45)65(4,5)6)60-57-61(75-63(60)70)48-20-14-15-21-50(48)67(57,10)11/h14-17,20-35,38-40H,18-19,36-37H2,1-13H3. The largest absolute Gasteiger partial charge is 0.468 e. The predicted octanol–water partition coefficient (Wildman–Crippen LogP) is 17.2. The number of fused-ring (bicyclic) bond motifs is 15. The number of hydrogen-bond acceptors (Lipinski definition) is 5. The molecule has 0 saturated heterocycles. The number of para-hydroxylation sites is 1. The van der Waals surface area contributed by atoms with Gasteiger partial charge in [-0.3, -0.25) is 0 Å². The van der Waals surface area contributed by atoms with E-state index in [0.29, 0.717) is 0 Å². The Morgan fingerprint density at radius 1 is 0.493 bits per heavy atom. The van der Waals surface area contributed by atoms with Gasteiger partial charge in [-0.05, 0) is 136 Å². The molecule has 5 heterocycles. The summed E-state index contributed by atoms with van der Waals surface area (Å²) in [5.74, 6) is 0.971. The lowest BCUT2D eigenvalue weighted by Crippen LogP contribution is -2.61. The number of hydrogen-bond donors (Lipinski definition) is 0. The molecule has 1 saturated carbocycles. The van der Waals surface area contributed by atoms with E-state index in [2.05, 4.69) is 244 Å². The Hall–Kier alpha value is -6.92. The van der Waals surface area contributed by atoms with Gasteiger partial charge in [-0.2, -0.15) is 0 Å². The van der Waals surface area contributed by atoms with Crippen molar-refractivity contribution in [2.45, 2.75) is 148 Å². The van der Waals surface area contributed by atoms with E-state index >= 15 is 0 Å². The SMILES string of the molecule is CC(C)(C)c1ccc(N2c3cc(N4c5ccccc5C5(C)CCCCC45C)cc4c3B(c3oc5c(c3N4c3ccc(C(C)(C)C)cc3)C(C)(C)c3ccccc3-5)c3c2ccc2c3oc3ccc(C(C)(C)C)cc32)cc1. The molecule has 7 aromatic carbocycles. The summed E-state index contributed by atoms with van der Waals surface area (Å²) in [5, 5.41) is 2.27. The second kappa shape index (κ2) is 15.1. The molecule has 0 N–H and O–H groups in total. The Bertz CT molecular complexity index is 3870. The summed E-state index contributed by atoms with van der Waals surface area (Å²) in [7, 11) is 0. The van der Waals surface area contributed by atoms with Gasteiger partial charge in [0.25, 0.3) is 0 Å². The monoisotopic (exact) mass is 984 g/mol. The first-order valence-electron chi connectivity index (χ1n) is 27.8. The van der Waals surface area contributed by atoms with Crippen LogP contribution in [0.1, 0.15) is 149 Å². The van der Waals surface area contributed by atoms with Crippen LogP contribution in [-0.2, 0) is 27.1 Å². The minimum atomic E-state index is -0.358. The van der Waals surface area contributed by atoms with Gasteiger partial charge in [-0.1, -0.05) is 169 Å². The maximum absolute atomic E-state index is 7.79. The molecule has 14 rings (SSSR count). The Morgan fingerprint density at radius 2 is 1.08 bits per heavy atom. The summed E-state index contributed by atoms with van der Waals surface area (Å²) in [4.78, 5) is 7.95. The van der Waals surface area contributed by atoms with Crippen molar-refractivity contribution in [3.05, 3.63) is 173 Å². The third kappa shape index (κ3) is 6.26. The highest BCUT2D eigenvalue weighted by atomic mass is 16.3. The molecule has 376 valence electrons. The molecular weight excluding hydrogens is 914 g/mol. The zero-order valence-corrected chi connectivity index (χ0v) is 46.3. The highest BCUT2D eigenvalue weighted by Crippen LogP contribution is 2.63. The van der Waals surface area contributed by atoms with Crippen LogP contribution in [0, 0.1) is 0 Å². The fraction of sp³-hybridized carbons (Fsp3) is 0.333. The van der Waals surface area contributed by atoms with Gasteiger partial charge in [0.15, 0.2) is 0 Å². The number of furan rings is 2. The van der Waals surface area contributed by atoms with Crippen LogP contribution in [0.4, 0.5) is 45.5 Å². The maximum atomic E-state index is 7.79. The minimum absolute atomic E-state index is 0.00832. The van der Waals surface area contributed by atoms with Crippen molar-refractivity contribution in [1.82, 2.24) is 0 Å². The van der Waals surface area contributed by atoms with Crippen LogP contribution in [0.3, 0.4) is 0 Å². The number of rotatable bonds is 3. The molecule has 9 aromatic rings. The molecule has 6 heteroatoms. The van der Waals surface area contributed by atoms with Gasteiger partial charge in [-0.15, -0.1) is 0 Å². The zero-order chi connectivity index (χ0) is 52.1. The topological polar surface area (TPSA) is 36.0 Å². The highest BCUT2D eigenvalue weighted by molar-refractivity contribution is 7.01. The fourth-order valence-corrected chi connectivity index (χ4v) is 14.7. The second-order valence-electron chi connectivity index (χ2n) is 26.9. The molecule has 2 aromatic heterocycles. The van der Waals surface area contributed by atoms with Crippen molar-refractivity contribution in [3.63, 3.8) is 0 Å². The van der Waals surface area contributed by atoms with Crippen molar-refractivity contribution in [3.8, 4) is 11.3 Å². The summed E-state index contributed by atoms with van der Waals surface area (Å²) in [6.07, 6.45) is 4.71. The lowest BCUT2D eigenvalue weighted by Gasteiger charge is -2.51. The predicted molar refractivity (Wildman–Crippen MR) is 316 cm³/mol. The van der Waals surface area contributed by atoms with E-state index in [-0.39, 0.29) is 39.3 Å². The third-order valence-electron chi connectivity index (χ3n) is 19.1. The average molecular weight is 984 g/mol. The molecule has 0 radical (unpaired) electrons. The molecule has 1 fully saturated rings. The van der Waals surface area contributed by atoms with E-state index in [1.165, 1.54) is 74.3 Å². The third-order valence-corrected chi connectivity index (χ3v) is 19.1. The van der Waals surface area contributed by atoms with Gasteiger partial charge < -0.3 is 23.5 Å². The van der Waals surface area contributed by atoms with Gasteiger partial charge >= 0.3 is 6.71 Å². The highest BCUT2D eigenvalue weighted by Gasteiger charge is 2.59. The lowest BCUT2D eigenvalue weighted by molar-refractivity contribution is 0.195. The van der Waals surface area contributed by atoms with Crippen molar-refractivity contribution in [2.75, 3.05) is 14.7 Å². The average Bonchev–Trinajstić information content (AvgIpc) is 4.24. The summed E-state index contributed by atoms with van der Waals surface area (Å²) in [6, 6.07) is 53.7. The zero-order valence-electron chi connectivity index (χ0n) is 46.3. The van der Waals surface area contributed by atoms with Crippen molar-refractivity contribution in [1.29, 1.82) is 0 Å². The first kappa shape index (κ1) is 46.6. The van der Waals surface area contributed by atoms with Crippen LogP contribution in [0.15, 0.2) is 148 Å². The van der Waals surface area contributed by atoms with E-state index in [1.54, 1.807) is 0 Å². The summed E-state index contributed by atoms with van der Waals surface area (Å²) in [5.41, 5.74) is 23.0. The smallest absolute Gasteiger partial charge is 0.301 e. The van der Waals surface area contributed by atoms with E-state index in [4.69, 9.17) is 8.83 Å². The molecular formula is C69H70BN3O2. The van der Waals surface area contributed by atoms with E-state index in [9.17, 15) is 0 Å². The Morgan fingerprint density at radius 3 is 1.75 bits per heavy atom. The fourth-order valence-electron chi connectivity index (χ4n) is 14.7. The van der Waals surface area contributed by atoms with Gasteiger partial charge in [-0.25, -0.2) is 0 Å². The number of nitrogens with zero attached hydrogens (tertiary/aromatic N) is 3. The van der Waals surface area contributed by atoms with Crippen molar-refractivity contribution < 1.29 is 8.83 Å². The normalized spacial score (nSPS) is 20.2. The molecule has 2 unspecified atom stereocenters. The Balaban J connectivity index is 1.15. The maximum Gasteiger partial charge on any atom is 0.301 e. The molecule has 0 amide bonds.